The average Bonchev–Trinajstić information content (AvgIpc) is 2.78. The van der Waals surface area contributed by atoms with Crippen molar-refractivity contribution in [1.82, 2.24) is 14.8 Å². The van der Waals surface area contributed by atoms with Crippen LogP contribution in [0.3, 0.4) is 0 Å². The summed E-state index contributed by atoms with van der Waals surface area (Å²) in [7, 11) is 0. The smallest absolute Gasteiger partial charge is 0.208 e. The normalized spacial score (nSPS) is 10.3. The molecule has 2 aromatic rings. The summed E-state index contributed by atoms with van der Waals surface area (Å²) in [6.45, 7) is 4.48. The third-order valence-electron chi connectivity index (χ3n) is 2.26. The molecule has 0 radical (unpaired) electrons. The minimum atomic E-state index is 0.755. The molecule has 0 amide bonds. The van der Waals surface area contributed by atoms with Gasteiger partial charge in [0.1, 0.15) is 6.33 Å². The molecule has 0 fully saturated rings. The minimum Gasteiger partial charge on any atom is -0.247 e. The predicted octanol–water partition coefficient (Wildman–Crippen LogP) is 2.69. The Kier molecular flexibility index (Phi) is 3.41. The summed E-state index contributed by atoms with van der Waals surface area (Å²) >= 11 is 1.55. The Hall–Kier alpha value is -1.55. The average molecular weight is 231 g/mol. The molecule has 0 unspecified atom stereocenters. The van der Waals surface area contributed by atoms with E-state index in [1.165, 1.54) is 5.56 Å². The number of rotatable bonds is 4. The maximum atomic E-state index is 4.31. The fourth-order valence-electron chi connectivity index (χ4n) is 1.39. The van der Waals surface area contributed by atoms with E-state index in [1.54, 1.807) is 18.1 Å². The Morgan fingerprint density at radius 1 is 1.38 bits per heavy atom. The molecule has 0 N–H and O–H groups in total. The highest BCUT2D eigenvalue weighted by Crippen LogP contribution is 2.09. The van der Waals surface area contributed by atoms with Crippen molar-refractivity contribution in [3.63, 3.8) is 0 Å². The van der Waals surface area contributed by atoms with Crippen LogP contribution in [-0.4, -0.2) is 21.0 Å². The summed E-state index contributed by atoms with van der Waals surface area (Å²) in [5, 5.41) is 5.12. The molecule has 0 saturated carbocycles. The van der Waals surface area contributed by atoms with Crippen molar-refractivity contribution in [2.24, 2.45) is 0 Å². The molecule has 2 rings (SSSR count). The zero-order valence-corrected chi connectivity index (χ0v) is 9.94. The fourth-order valence-corrected chi connectivity index (χ4v) is 1.73. The molecule has 16 heavy (non-hydrogen) atoms. The minimum absolute atomic E-state index is 0.755. The Bertz CT molecular complexity index is 473. The molecule has 0 bridgehead atoms. The van der Waals surface area contributed by atoms with Crippen molar-refractivity contribution in [3.05, 3.63) is 48.3 Å². The standard InChI is InChI=1S/C12H13N3S/c1-3-10-4-6-11(7-5-10)8-15-9-13-12(14-15)16-2/h3-7,9H,1,8H2,2H3. The molecule has 3 nitrogen and oxygen atoms in total. The number of nitrogens with zero attached hydrogens (tertiary/aromatic N) is 3. The Balaban J connectivity index is 2.10. The van der Waals surface area contributed by atoms with E-state index < -0.39 is 0 Å². The number of benzene rings is 1. The maximum Gasteiger partial charge on any atom is 0.208 e. The lowest BCUT2D eigenvalue weighted by Crippen LogP contribution is -2.00. The first-order valence-corrected chi connectivity index (χ1v) is 6.19. The van der Waals surface area contributed by atoms with Gasteiger partial charge in [0.2, 0.25) is 5.16 Å². The van der Waals surface area contributed by atoms with Crippen LogP contribution in [0, 0.1) is 0 Å². The molecule has 0 spiro atoms. The van der Waals surface area contributed by atoms with Gasteiger partial charge in [0.15, 0.2) is 0 Å². The monoisotopic (exact) mass is 231 g/mol. The lowest BCUT2D eigenvalue weighted by Gasteiger charge is -2.01. The lowest BCUT2D eigenvalue weighted by molar-refractivity contribution is 0.666. The van der Waals surface area contributed by atoms with Gasteiger partial charge >= 0.3 is 0 Å². The van der Waals surface area contributed by atoms with Gasteiger partial charge in [0.05, 0.1) is 6.54 Å². The van der Waals surface area contributed by atoms with Gasteiger partial charge < -0.3 is 0 Å². The highest BCUT2D eigenvalue weighted by molar-refractivity contribution is 7.98. The van der Waals surface area contributed by atoms with E-state index in [0.29, 0.717) is 0 Å². The van der Waals surface area contributed by atoms with Crippen LogP contribution in [0.2, 0.25) is 0 Å². The van der Waals surface area contributed by atoms with E-state index in [9.17, 15) is 0 Å². The lowest BCUT2D eigenvalue weighted by atomic mass is 10.1. The van der Waals surface area contributed by atoms with Crippen molar-refractivity contribution in [3.8, 4) is 0 Å². The largest absolute Gasteiger partial charge is 0.247 e. The number of thioether (sulfide) groups is 1. The molecule has 0 aliphatic carbocycles. The van der Waals surface area contributed by atoms with E-state index >= 15 is 0 Å². The van der Waals surface area contributed by atoms with E-state index in [2.05, 4.69) is 40.9 Å². The first kappa shape index (κ1) is 11.0. The molecule has 0 aliphatic heterocycles. The van der Waals surface area contributed by atoms with E-state index in [4.69, 9.17) is 0 Å². The Morgan fingerprint density at radius 2 is 2.12 bits per heavy atom. The quantitative estimate of drug-likeness (QED) is 0.758. The molecule has 1 aromatic heterocycles. The Morgan fingerprint density at radius 3 is 2.69 bits per heavy atom. The maximum absolute atomic E-state index is 4.31. The van der Waals surface area contributed by atoms with E-state index in [0.717, 1.165) is 17.3 Å². The van der Waals surface area contributed by atoms with Crippen LogP contribution < -0.4 is 0 Å². The molecule has 0 aliphatic rings. The highest BCUT2D eigenvalue weighted by Gasteiger charge is 1.99. The highest BCUT2D eigenvalue weighted by atomic mass is 32.2. The molecule has 1 heterocycles. The van der Waals surface area contributed by atoms with Crippen LogP contribution in [-0.2, 0) is 6.54 Å². The van der Waals surface area contributed by atoms with Crippen LogP contribution in [0.5, 0.6) is 0 Å². The molecule has 0 atom stereocenters. The van der Waals surface area contributed by atoms with Gasteiger partial charge in [-0.15, -0.1) is 5.10 Å². The van der Waals surface area contributed by atoms with Crippen molar-refractivity contribution in [2.45, 2.75) is 11.7 Å². The van der Waals surface area contributed by atoms with Crippen LogP contribution >= 0.6 is 11.8 Å². The molecular weight excluding hydrogens is 218 g/mol. The topological polar surface area (TPSA) is 30.7 Å². The van der Waals surface area contributed by atoms with Crippen LogP contribution in [0.15, 0.2) is 42.3 Å². The van der Waals surface area contributed by atoms with Crippen LogP contribution in [0.4, 0.5) is 0 Å². The van der Waals surface area contributed by atoms with E-state index in [-0.39, 0.29) is 0 Å². The number of hydrogen-bond acceptors (Lipinski definition) is 3. The summed E-state index contributed by atoms with van der Waals surface area (Å²) in [5.41, 5.74) is 2.34. The van der Waals surface area contributed by atoms with Crippen molar-refractivity contribution < 1.29 is 0 Å². The van der Waals surface area contributed by atoms with Gasteiger partial charge in [-0.05, 0) is 17.4 Å². The summed E-state index contributed by atoms with van der Waals surface area (Å²) in [4.78, 5) is 4.16. The van der Waals surface area contributed by atoms with Crippen molar-refractivity contribution >= 4 is 17.8 Å². The Labute approximate surface area is 99.2 Å². The van der Waals surface area contributed by atoms with Gasteiger partial charge in [-0.3, -0.25) is 0 Å². The van der Waals surface area contributed by atoms with Gasteiger partial charge in [0, 0.05) is 0 Å². The second-order valence-electron chi connectivity index (χ2n) is 3.37. The third kappa shape index (κ3) is 2.52. The zero-order valence-electron chi connectivity index (χ0n) is 9.13. The molecule has 4 heteroatoms. The molecule has 0 saturated heterocycles. The van der Waals surface area contributed by atoms with Gasteiger partial charge in [-0.25, -0.2) is 9.67 Å². The number of hydrogen-bond donors (Lipinski definition) is 0. The first-order valence-electron chi connectivity index (χ1n) is 4.96. The molecule has 1 aromatic carbocycles. The van der Waals surface area contributed by atoms with Gasteiger partial charge in [-0.2, -0.15) is 0 Å². The predicted molar refractivity (Wildman–Crippen MR) is 67.4 cm³/mol. The second kappa shape index (κ2) is 4.99. The number of aromatic nitrogens is 3. The summed E-state index contributed by atoms with van der Waals surface area (Å²) in [6, 6.07) is 8.26. The van der Waals surface area contributed by atoms with Crippen molar-refractivity contribution in [2.75, 3.05) is 6.26 Å². The molecular formula is C12H13N3S. The summed E-state index contributed by atoms with van der Waals surface area (Å²) in [5.74, 6) is 0. The SMILES string of the molecule is C=Cc1ccc(Cn2cnc(SC)n2)cc1. The molecule has 82 valence electrons. The fraction of sp³-hybridized carbons (Fsp3) is 0.167. The van der Waals surface area contributed by atoms with Gasteiger partial charge in [0.25, 0.3) is 0 Å². The third-order valence-corrected chi connectivity index (χ3v) is 2.81. The van der Waals surface area contributed by atoms with Gasteiger partial charge in [-0.1, -0.05) is 48.7 Å². The van der Waals surface area contributed by atoms with E-state index in [1.807, 2.05) is 17.0 Å². The van der Waals surface area contributed by atoms with Crippen LogP contribution in [0.1, 0.15) is 11.1 Å². The van der Waals surface area contributed by atoms with Crippen LogP contribution in [0.25, 0.3) is 6.08 Å². The zero-order chi connectivity index (χ0) is 11.4. The second-order valence-corrected chi connectivity index (χ2v) is 4.15. The summed E-state index contributed by atoms with van der Waals surface area (Å²) < 4.78 is 1.84. The van der Waals surface area contributed by atoms with Crippen molar-refractivity contribution in [1.29, 1.82) is 0 Å². The summed E-state index contributed by atoms with van der Waals surface area (Å²) in [6.07, 6.45) is 5.57. The first-order chi connectivity index (χ1) is 7.81.